The van der Waals surface area contributed by atoms with Crippen LogP contribution in [0.4, 0.5) is 0 Å². The minimum Gasteiger partial charge on any atom is -0.458 e. The molecule has 0 radical (unpaired) electrons. The van der Waals surface area contributed by atoms with E-state index in [9.17, 15) is 0 Å². The summed E-state index contributed by atoms with van der Waals surface area (Å²) in [6, 6.07) is 3.65. The van der Waals surface area contributed by atoms with Gasteiger partial charge in [-0.25, -0.2) is 0 Å². The van der Waals surface area contributed by atoms with E-state index in [1.807, 2.05) is 6.07 Å². The highest BCUT2D eigenvalue weighted by Crippen LogP contribution is 2.48. The summed E-state index contributed by atoms with van der Waals surface area (Å²) in [5.41, 5.74) is 2.00. The van der Waals surface area contributed by atoms with Gasteiger partial charge in [0.05, 0.1) is 16.6 Å². The van der Waals surface area contributed by atoms with Crippen LogP contribution >= 0.6 is 23.2 Å². The summed E-state index contributed by atoms with van der Waals surface area (Å²) in [5.74, 6) is 1.58. The van der Waals surface area contributed by atoms with Crippen molar-refractivity contribution in [1.82, 2.24) is 5.32 Å². The number of furan rings is 1. The van der Waals surface area contributed by atoms with Crippen molar-refractivity contribution in [3.63, 3.8) is 0 Å². The van der Waals surface area contributed by atoms with Crippen LogP contribution in [-0.4, -0.2) is 6.54 Å². The molecular formula is C14H15Cl2NO. The third-order valence-electron chi connectivity index (χ3n) is 3.37. The molecule has 1 saturated carbocycles. The van der Waals surface area contributed by atoms with Gasteiger partial charge in [0.15, 0.2) is 5.58 Å². The maximum atomic E-state index is 6.31. The summed E-state index contributed by atoms with van der Waals surface area (Å²) in [4.78, 5) is 0. The molecule has 2 aromatic rings. The fraction of sp³-hybridized carbons (Fsp3) is 0.429. The van der Waals surface area contributed by atoms with Crippen LogP contribution in [-0.2, 0) is 6.54 Å². The number of hydrogen-bond donors (Lipinski definition) is 1. The Morgan fingerprint density at radius 1 is 1.28 bits per heavy atom. The summed E-state index contributed by atoms with van der Waals surface area (Å²) >= 11 is 12.5. The van der Waals surface area contributed by atoms with Crippen LogP contribution < -0.4 is 5.32 Å². The molecule has 3 rings (SSSR count). The molecule has 4 heteroatoms. The van der Waals surface area contributed by atoms with Crippen molar-refractivity contribution in [1.29, 1.82) is 0 Å². The summed E-state index contributed by atoms with van der Waals surface area (Å²) in [5, 5.41) is 5.70. The van der Waals surface area contributed by atoms with Crippen LogP contribution in [0, 0.1) is 0 Å². The molecule has 1 aromatic heterocycles. The van der Waals surface area contributed by atoms with E-state index in [2.05, 4.69) is 12.2 Å². The third-order valence-corrected chi connectivity index (χ3v) is 3.99. The van der Waals surface area contributed by atoms with Crippen LogP contribution in [0.15, 0.2) is 16.5 Å². The zero-order valence-corrected chi connectivity index (χ0v) is 11.7. The van der Waals surface area contributed by atoms with Gasteiger partial charge in [0.2, 0.25) is 0 Å². The van der Waals surface area contributed by atoms with Gasteiger partial charge in [-0.1, -0.05) is 30.1 Å². The molecule has 0 aliphatic heterocycles. The van der Waals surface area contributed by atoms with E-state index in [4.69, 9.17) is 27.6 Å². The molecule has 0 atom stereocenters. The Morgan fingerprint density at radius 2 is 2.00 bits per heavy atom. The average Bonchev–Trinajstić information content (AvgIpc) is 3.12. The SMILES string of the molecule is CCNCc1oc2c(Cl)ccc(Cl)c2c1C1CC1. The largest absolute Gasteiger partial charge is 0.458 e. The van der Waals surface area contributed by atoms with Crippen LogP contribution in [0.3, 0.4) is 0 Å². The van der Waals surface area contributed by atoms with Crippen molar-refractivity contribution in [3.8, 4) is 0 Å². The van der Waals surface area contributed by atoms with E-state index in [0.29, 0.717) is 10.9 Å². The van der Waals surface area contributed by atoms with E-state index in [0.717, 1.165) is 34.8 Å². The molecule has 96 valence electrons. The molecule has 0 saturated heterocycles. The van der Waals surface area contributed by atoms with Crippen molar-refractivity contribution in [3.05, 3.63) is 33.5 Å². The lowest BCUT2D eigenvalue weighted by Gasteiger charge is -2.02. The maximum absolute atomic E-state index is 6.31. The Morgan fingerprint density at radius 3 is 2.67 bits per heavy atom. The second kappa shape index (κ2) is 4.76. The fourth-order valence-corrected chi connectivity index (χ4v) is 2.82. The molecule has 1 aromatic carbocycles. The first-order valence-corrected chi connectivity index (χ1v) is 7.08. The zero-order chi connectivity index (χ0) is 12.7. The number of fused-ring (bicyclic) bond motifs is 1. The van der Waals surface area contributed by atoms with Gasteiger partial charge in [-0.15, -0.1) is 0 Å². The van der Waals surface area contributed by atoms with Crippen molar-refractivity contribution in [2.45, 2.75) is 32.2 Å². The number of nitrogens with one attached hydrogen (secondary N) is 1. The van der Waals surface area contributed by atoms with Gasteiger partial charge in [-0.05, 0) is 37.4 Å². The van der Waals surface area contributed by atoms with Crippen LogP contribution in [0.25, 0.3) is 11.0 Å². The number of hydrogen-bond acceptors (Lipinski definition) is 2. The van der Waals surface area contributed by atoms with Crippen molar-refractivity contribution in [2.75, 3.05) is 6.54 Å². The molecule has 0 bridgehead atoms. The van der Waals surface area contributed by atoms with E-state index < -0.39 is 0 Å². The Labute approximate surface area is 116 Å². The van der Waals surface area contributed by atoms with E-state index in [1.54, 1.807) is 6.07 Å². The molecule has 1 fully saturated rings. The Bertz CT molecular complexity index is 587. The molecule has 1 N–H and O–H groups in total. The Hall–Kier alpha value is -0.700. The van der Waals surface area contributed by atoms with Crippen molar-refractivity contribution in [2.24, 2.45) is 0 Å². The standard InChI is InChI=1S/C14H15Cl2NO/c1-2-17-7-11-12(8-3-4-8)13-9(15)5-6-10(16)14(13)18-11/h5-6,8,17H,2-4,7H2,1H3. The second-order valence-electron chi connectivity index (χ2n) is 4.73. The lowest BCUT2D eigenvalue weighted by molar-refractivity contribution is 0.514. The molecule has 0 amide bonds. The minimum atomic E-state index is 0.593. The average molecular weight is 284 g/mol. The molecule has 1 aliphatic carbocycles. The number of rotatable bonds is 4. The summed E-state index contributed by atoms with van der Waals surface area (Å²) < 4.78 is 5.94. The first-order valence-electron chi connectivity index (χ1n) is 6.32. The van der Waals surface area contributed by atoms with Crippen LogP contribution in [0.2, 0.25) is 10.0 Å². The summed E-state index contributed by atoms with van der Waals surface area (Å²) in [7, 11) is 0. The molecule has 0 unspecified atom stereocenters. The van der Waals surface area contributed by atoms with E-state index >= 15 is 0 Å². The lowest BCUT2D eigenvalue weighted by Crippen LogP contribution is -2.12. The van der Waals surface area contributed by atoms with Gasteiger partial charge in [0, 0.05) is 10.9 Å². The third kappa shape index (κ3) is 2.03. The van der Waals surface area contributed by atoms with Gasteiger partial charge in [-0.3, -0.25) is 0 Å². The first-order chi connectivity index (χ1) is 8.72. The predicted octanol–water partition coefficient (Wildman–Crippen LogP) is 4.73. The quantitative estimate of drug-likeness (QED) is 0.878. The monoisotopic (exact) mass is 283 g/mol. The van der Waals surface area contributed by atoms with Crippen molar-refractivity contribution >= 4 is 34.2 Å². The van der Waals surface area contributed by atoms with E-state index in [1.165, 1.54) is 18.4 Å². The van der Waals surface area contributed by atoms with Crippen LogP contribution in [0.5, 0.6) is 0 Å². The Kier molecular flexibility index (Phi) is 3.27. The molecule has 18 heavy (non-hydrogen) atoms. The van der Waals surface area contributed by atoms with Gasteiger partial charge in [0.1, 0.15) is 5.76 Å². The summed E-state index contributed by atoms with van der Waals surface area (Å²) in [6.45, 7) is 3.74. The van der Waals surface area contributed by atoms with Gasteiger partial charge >= 0.3 is 0 Å². The maximum Gasteiger partial charge on any atom is 0.154 e. The molecular weight excluding hydrogens is 269 g/mol. The minimum absolute atomic E-state index is 0.593. The predicted molar refractivity (Wildman–Crippen MR) is 75.6 cm³/mol. The number of benzene rings is 1. The zero-order valence-electron chi connectivity index (χ0n) is 10.2. The lowest BCUT2D eigenvalue weighted by atomic mass is 10.1. The van der Waals surface area contributed by atoms with Crippen molar-refractivity contribution < 1.29 is 4.42 Å². The molecule has 2 nitrogen and oxygen atoms in total. The highest BCUT2D eigenvalue weighted by atomic mass is 35.5. The Balaban J connectivity index is 2.19. The molecule has 1 heterocycles. The highest BCUT2D eigenvalue weighted by molar-refractivity contribution is 6.40. The van der Waals surface area contributed by atoms with Gasteiger partial charge < -0.3 is 9.73 Å². The summed E-state index contributed by atoms with van der Waals surface area (Å²) in [6.07, 6.45) is 2.44. The van der Waals surface area contributed by atoms with Gasteiger partial charge in [0.25, 0.3) is 0 Å². The topological polar surface area (TPSA) is 25.2 Å². The normalized spacial score (nSPS) is 15.5. The van der Waals surface area contributed by atoms with Gasteiger partial charge in [-0.2, -0.15) is 0 Å². The smallest absolute Gasteiger partial charge is 0.154 e. The second-order valence-corrected chi connectivity index (χ2v) is 5.54. The first kappa shape index (κ1) is 12.3. The highest BCUT2D eigenvalue weighted by Gasteiger charge is 2.32. The van der Waals surface area contributed by atoms with E-state index in [-0.39, 0.29) is 0 Å². The number of halogens is 2. The molecule has 0 spiro atoms. The molecule has 1 aliphatic rings. The fourth-order valence-electron chi connectivity index (χ4n) is 2.38. The van der Waals surface area contributed by atoms with Crippen LogP contribution in [0.1, 0.15) is 37.0 Å².